The number of nitrogens with zero attached hydrogens (tertiary/aromatic N) is 3. The molecule has 0 amide bonds. The number of halogens is 3. The van der Waals surface area contributed by atoms with E-state index >= 15 is 0 Å². The van der Waals surface area contributed by atoms with Gasteiger partial charge in [0, 0.05) is 29.7 Å². The van der Waals surface area contributed by atoms with E-state index in [2.05, 4.69) is 20.6 Å². The van der Waals surface area contributed by atoms with E-state index in [9.17, 15) is 23.3 Å². The molecule has 0 aliphatic heterocycles. The summed E-state index contributed by atoms with van der Waals surface area (Å²) in [4.78, 5) is 17.9. The molecule has 33 heavy (non-hydrogen) atoms. The summed E-state index contributed by atoms with van der Waals surface area (Å²) in [5.74, 6) is 0.202. The largest absolute Gasteiger partial charge is 0.490 e. The average molecular weight is 459 g/mol. The van der Waals surface area contributed by atoms with Crippen LogP contribution in [0.15, 0.2) is 54.7 Å². The van der Waals surface area contributed by atoms with Gasteiger partial charge in [-0.3, -0.25) is 10.1 Å². The molecule has 0 saturated heterocycles. The van der Waals surface area contributed by atoms with E-state index in [4.69, 9.17) is 4.74 Å². The molecule has 8 nitrogen and oxygen atoms in total. The number of nitrogens with one attached hydrogen (secondary N) is 2. The SMILES string of the molecule is O=[N+]([O-])c1ccc(Nc2nc(Nc3ccc(OC4CCCC4)cc3)ncc2C(F)(F)F)cc1. The zero-order valence-corrected chi connectivity index (χ0v) is 17.3. The Morgan fingerprint density at radius 3 is 2.18 bits per heavy atom. The minimum atomic E-state index is -4.69. The summed E-state index contributed by atoms with van der Waals surface area (Å²) < 4.78 is 46.2. The number of hydrogen-bond acceptors (Lipinski definition) is 7. The molecule has 172 valence electrons. The summed E-state index contributed by atoms with van der Waals surface area (Å²) in [5, 5.41) is 16.2. The van der Waals surface area contributed by atoms with Gasteiger partial charge in [-0.05, 0) is 62.1 Å². The van der Waals surface area contributed by atoms with Crippen LogP contribution in [0.5, 0.6) is 5.75 Å². The van der Waals surface area contributed by atoms with Crippen molar-refractivity contribution in [2.75, 3.05) is 10.6 Å². The minimum Gasteiger partial charge on any atom is -0.490 e. The van der Waals surface area contributed by atoms with Crippen molar-refractivity contribution >= 4 is 28.8 Å². The van der Waals surface area contributed by atoms with Crippen LogP contribution < -0.4 is 15.4 Å². The van der Waals surface area contributed by atoms with Crippen LogP contribution in [0, 0.1) is 10.1 Å². The van der Waals surface area contributed by atoms with Gasteiger partial charge in [0.1, 0.15) is 17.1 Å². The van der Waals surface area contributed by atoms with E-state index in [0.717, 1.165) is 31.4 Å². The lowest BCUT2D eigenvalue weighted by Crippen LogP contribution is -2.12. The second kappa shape index (κ2) is 9.31. The number of anilines is 4. The quantitative estimate of drug-likeness (QED) is 0.320. The molecule has 0 unspecified atom stereocenters. The van der Waals surface area contributed by atoms with Gasteiger partial charge in [0.2, 0.25) is 5.95 Å². The first-order chi connectivity index (χ1) is 15.8. The molecular formula is C22H20F3N5O3. The van der Waals surface area contributed by atoms with Gasteiger partial charge >= 0.3 is 6.18 Å². The first kappa shape index (κ1) is 22.3. The number of nitro groups is 1. The second-order valence-corrected chi connectivity index (χ2v) is 7.56. The summed E-state index contributed by atoms with van der Waals surface area (Å²) in [5.41, 5.74) is -0.451. The van der Waals surface area contributed by atoms with Crippen molar-refractivity contribution in [3.05, 3.63) is 70.4 Å². The number of non-ortho nitro benzene ring substituents is 1. The molecule has 1 saturated carbocycles. The van der Waals surface area contributed by atoms with Crippen LogP contribution in [0.2, 0.25) is 0 Å². The van der Waals surface area contributed by atoms with E-state index < -0.39 is 22.5 Å². The number of ether oxygens (including phenoxy) is 1. The third kappa shape index (κ3) is 5.68. The molecule has 11 heteroatoms. The first-order valence-corrected chi connectivity index (χ1v) is 10.3. The summed E-state index contributed by atoms with van der Waals surface area (Å²) >= 11 is 0. The zero-order chi connectivity index (χ0) is 23.4. The van der Waals surface area contributed by atoms with Crippen molar-refractivity contribution in [2.45, 2.75) is 38.0 Å². The topological polar surface area (TPSA) is 102 Å². The Balaban J connectivity index is 1.52. The summed E-state index contributed by atoms with van der Waals surface area (Å²) in [7, 11) is 0. The van der Waals surface area contributed by atoms with Gasteiger partial charge in [-0.2, -0.15) is 18.2 Å². The highest BCUT2D eigenvalue weighted by atomic mass is 19.4. The number of aromatic nitrogens is 2. The van der Waals surface area contributed by atoms with Crippen LogP contribution in [0.3, 0.4) is 0 Å². The van der Waals surface area contributed by atoms with Gasteiger partial charge in [-0.25, -0.2) is 4.98 Å². The third-order valence-electron chi connectivity index (χ3n) is 5.15. The average Bonchev–Trinajstić information content (AvgIpc) is 3.28. The van der Waals surface area contributed by atoms with Crippen molar-refractivity contribution in [3.63, 3.8) is 0 Å². The molecule has 4 rings (SSSR count). The predicted molar refractivity (Wildman–Crippen MR) is 116 cm³/mol. The van der Waals surface area contributed by atoms with Crippen molar-refractivity contribution < 1.29 is 22.8 Å². The molecule has 0 bridgehead atoms. The number of benzene rings is 2. The maximum atomic E-state index is 13.4. The van der Waals surface area contributed by atoms with Crippen LogP contribution in [-0.4, -0.2) is 21.0 Å². The lowest BCUT2D eigenvalue weighted by molar-refractivity contribution is -0.384. The van der Waals surface area contributed by atoms with Gasteiger partial charge in [-0.15, -0.1) is 0 Å². The number of nitro benzene ring substituents is 1. The number of alkyl halides is 3. The highest BCUT2D eigenvalue weighted by molar-refractivity contribution is 5.64. The number of hydrogen-bond donors (Lipinski definition) is 2. The van der Waals surface area contributed by atoms with E-state index in [1.54, 1.807) is 24.3 Å². The molecule has 1 aliphatic carbocycles. The highest BCUT2D eigenvalue weighted by Crippen LogP contribution is 2.35. The van der Waals surface area contributed by atoms with E-state index in [0.29, 0.717) is 11.9 Å². The molecule has 0 atom stereocenters. The fraction of sp³-hybridized carbons (Fsp3) is 0.273. The van der Waals surface area contributed by atoms with Gasteiger partial charge in [-0.1, -0.05) is 0 Å². The summed E-state index contributed by atoms with van der Waals surface area (Å²) in [6, 6.07) is 12.0. The van der Waals surface area contributed by atoms with Crippen LogP contribution in [0.1, 0.15) is 31.2 Å². The molecule has 3 aromatic rings. The van der Waals surface area contributed by atoms with Gasteiger partial charge in [0.15, 0.2) is 0 Å². The van der Waals surface area contributed by atoms with Gasteiger partial charge < -0.3 is 15.4 Å². The Morgan fingerprint density at radius 1 is 0.970 bits per heavy atom. The van der Waals surface area contributed by atoms with Crippen molar-refractivity contribution in [1.29, 1.82) is 0 Å². The Hall–Kier alpha value is -3.89. The van der Waals surface area contributed by atoms with Gasteiger partial charge in [0.25, 0.3) is 5.69 Å². The van der Waals surface area contributed by atoms with Crippen molar-refractivity contribution in [3.8, 4) is 5.75 Å². The lowest BCUT2D eigenvalue weighted by atomic mass is 10.2. The van der Waals surface area contributed by atoms with Crippen molar-refractivity contribution in [2.24, 2.45) is 0 Å². The van der Waals surface area contributed by atoms with E-state index in [-0.39, 0.29) is 23.4 Å². The van der Waals surface area contributed by atoms with E-state index in [1.165, 1.54) is 24.3 Å². The van der Waals surface area contributed by atoms with E-state index in [1.807, 2.05) is 0 Å². The molecule has 1 aliphatic rings. The Kier molecular flexibility index (Phi) is 6.29. The smallest absolute Gasteiger partial charge is 0.421 e. The monoisotopic (exact) mass is 459 g/mol. The second-order valence-electron chi connectivity index (χ2n) is 7.56. The Bertz CT molecular complexity index is 1120. The maximum absolute atomic E-state index is 13.4. The zero-order valence-electron chi connectivity index (χ0n) is 17.3. The van der Waals surface area contributed by atoms with Crippen LogP contribution in [-0.2, 0) is 6.18 Å². The van der Waals surface area contributed by atoms with Crippen LogP contribution in [0.25, 0.3) is 0 Å². The number of rotatable bonds is 7. The molecule has 1 aromatic heterocycles. The molecular weight excluding hydrogens is 439 g/mol. The summed E-state index contributed by atoms with van der Waals surface area (Å²) in [6.45, 7) is 0. The summed E-state index contributed by atoms with van der Waals surface area (Å²) in [6.07, 6.45) is 0.586. The Morgan fingerprint density at radius 2 is 1.58 bits per heavy atom. The first-order valence-electron chi connectivity index (χ1n) is 10.3. The minimum absolute atomic E-state index is 0.0446. The standard InChI is InChI=1S/C22H20F3N5O3/c23-22(24,25)19-13-26-21(29-20(19)27-14-5-9-16(10-6-14)30(31)32)28-15-7-11-18(12-8-15)33-17-3-1-2-4-17/h5-13,17H,1-4H2,(H2,26,27,28,29). The predicted octanol–water partition coefficient (Wildman–Crippen LogP) is 6.21. The van der Waals surface area contributed by atoms with Gasteiger partial charge in [0.05, 0.1) is 11.0 Å². The molecule has 0 radical (unpaired) electrons. The molecule has 0 spiro atoms. The molecule has 1 heterocycles. The fourth-order valence-electron chi connectivity index (χ4n) is 3.49. The molecule has 2 aromatic carbocycles. The van der Waals surface area contributed by atoms with Crippen molar-refractivity contribution in [1.82, 2.24) is 9.97 Å². The normalized spacial score (nSPS) is 14.2. The maximum Gasteiger partial charge on any atom is 0.421 e. The molecule has 2 N–H and O–H groups in total. The lowest BCUT2D eigenvalue weighted by Gasteiger charge is -2.15. The van der Waals surface area contributed by atoms with Crippen LogP contribution in [0.4, 0.5) is 42.0 Å². The molecule has 1 fully saturated rings. The highest BCUT2D eigenvalue weighted by Gasteiger charge is 2.35. The fourth-order valence-corrected chi connectivity index (χ4v) is 3.49. The third-order valence-corrected chi connectivity index (χ3v) is 5.15. The van der Waals surface area contributed by atoms with Crippen LogP contribution >= 0.6 is 0 Å². The Labute approximate surface area is 187 Å².